The maximum absolute atomic E-state index is 13.5. The van der Waals surface area contributed by atoms with Gasteiger partial charge in [0.2, 0.25) is 0 Å². The number of aryl methyl sites for hydroxylation is 2. The fourth-order valence-electron chi connectivity index (χ4n) is 8.55. The van der Waals surface area contributed by atoms with Gasteiger partial charge >= 0.3 is 24.4 Å². The number of urea groups is 2. The van der Waals surface area contributed by atoms with Crippen LogP contribution >= 0.6 is 11.8 Å². The van der Waals surface area contributed by atoms with Crippen LogP contribution < -0.4 is 21.3 Å². The predicted octanol–water partition coefficient (Wildman–Crippen LogP) is 14.2. The topological polar surface area (TPSA) is 132 Å². The molecule has 8 rings (SSSR count). The van der Waals surface area contributed by atoms with E-state index in [0.29, 0.717) is 53.2 Å². The molecule has 0 unspecified atom stereocenters. The Kier molecular flexibility index (Phi) is 15.5. The summed E-state index contributed by atoms with van der Waals surface area (Å²) in [6.45, 7) is 4.70. The largest absolute Gasteiger partial charge is 0.416 e. The highest BCUT2D eigenvalue weighted by Crippen LogP contribution is 2.38. The molecule has 0 spiro atoms. The van der Waals surface area contributed by atoms with Gasteiger partial charge in [0.25, 0.3) is 0 Å². The number of hydrogen-bond acceptors (Lipinski definition) is 7. The van der Waals surface area contributed by atoms with Gasteiger partial charge in [-0.2, -0.15) is 38.1 Å². The van der Waals surface area contributed by atoms with E-state index in [1.807, 2.05) is 117 Å². The summed E-state index contributed by atoms with van der Waals surface area (Å²) in [6, 6.07) is 38.7. The molecule has 0 saturated carbocycles. The normalized spacial score (nSPS) is 12.3. The molecule has 72 heavy (non-hydrogen) atoms. The van der Waals surface area contributed by atoms with Crippen molar-refractivity contribution in [2.75, 3.05) is 39.9 Å². The Labute approximate surface area is 415 Å². The monoisotopic (exact) mass is 1000 g/mol. The Hall–Kier alpha value is -7.47. The minimum absolute atomic E-state index is 0.00985. The van der Waals surface area contributed by atoms with E-state index in [1.54, 1.807) is 42.1 Å². The van der Waals surface area contributed by atoms with Crippen LogP contribution in [-0.4, -0.2) is 56.7 Å². The average molecular weight is 1000 g/mol. The number of halogens is 6. The molecule has 0 aliphatic rings. The summed E-state index contributed by atoms with van der Waals surface area (Å²) in [5.74, 6) is 0.829. The number of pyridine rings is 2. The lowest BCUT2D eigenvalue weighted by atomic mass is 10.0. The van der Waals surface area contributed by atoms with Crippen LogP contribution in [0.2, 0.25) is 0 Å². The third kappa shape index (κ3) is 12.7. The minimum Gasteiger partial charge on any atom is -0.395 e. The summed E-state index contributed by atoms with van der Waals surface area (Å²) >= 11 is 1.69. The molecule has 1 atom stereocenters. The zero-order valence-electron chi connectivity index (χ0n) is 39.3. The van der Waals surface area contributed by atoms with Crippen molar-refractivity contribution in [2.24, 2.45) is 0 Å². The molecule has 2 heterocycles. The van der Waals surface area contributed by atoms with Crippen LogP contribution in [-0.2, 0) is 25.4 Å². The van der Waals surface area contributed by atoms with Crippen molar-refractivity contribution in [1.82, 2.24) is 14.9 Å². The predicted molar refractivity (Wildman–Crippen MR) is 275 cm³/mol. The first-order valence-corrected chi connectivity index (χ1v) is 24.2. The number of amides is 4. The smallest absolute Gasteiger partial charge is 0.395 e. The number of thioether (sulfide) groups is 1. The highest BCUT2D eigenvalue weighted by Gasteiger charge is 2.37. The molecule has 0 bridgehead atoms. The van der Waals surface area contributed by atoms with Gasteiger partial charge in [0.15, 0.2) is 0 Å². The first kappa shape index (κ1) is 50.9. The first-order chi connectivity index (χ1) is 34.4. The number of rotatable bonds is 15. The summed E-state index contributed by atoms with van der Waals surface area (Å²) in [7, 11) is 0. The molecule has 5 N–H and O–H groups in total. The van der Waals surface area contributed by atoms with Gasteiger partial charge in [-0.05, 0) is 133 Å². The summed E-state index contributed by atoms with van der Waals surface area (Å²) in [5, 5.41) is 23.0. The molecule has 4 amide bonds. The Morgan fingerprint density at radius 1 is 0.583 bits per heavy atom. The molecule has 10 nitrogen and oxygen atoms in total. The Morgan fingerprint density at radius 2 is 1.04 bits per heavy atom. The van der Waals surface area contributed by atoms with Gasteiger partial charge in [0.1, 0.15) is 0 Å². The Bertz CT molecular complexity index is 3220. The molecule has 370 valence electrons. The lowest BCUT2D eigenvalue weighted by molar-refractivity contribution is -0.143. The lowest BCUT2D eigenvalue weighted by Gasteiger charge is -2.30. The number of carbonyl (C=O) groups is 2. The van der Waals surface area contributed by atoms with Crippen LogP contribution in [0.3, 0.4) is 0 Å². The van der Waals surface area contributed by atoms with Gasteiger partial charge in [0.05, 0.1) is 51.5 Å². The number of benzene rings is 6. The van der Waals surface area contributed by atoms with Crippen LogP contribution in [0.15, 0.2) is 146 Å². The van der Waals surface area contributed by atoms with E-state index in [-0.39, 0.29) is 30.4 Å². The summed E-state index contributed by atoms with van der Waals surface area (Å²) < 4.78 is 80.8. The van der Waals surface area contributed by atoms with Crippen molar-refractivity contribution in [3.63, 3.8) is 0 Å². The zero-order valence-corrected chi connectivity index (χ0v) is 40.1. The number of fused-ring (bicyclic) bond motifs is 2. The molecule has 0 fully saturated rings. The second-order valence-corrected chi connectivity index (χ2v) is 18.3. The summed E-state index contributed by atoms with van der Waals surface area (Å²) in [5.41, 5.74) is 5.90. The number of aliphatic hydroxyl groups excluding tert-OH is 1. The number of para-hydroxylation sites is 2. The fraction of sp³-hybridized carbons (Fsp3) is 0.200. The van der Waals surface area contributed by atoms with E-state index >= 15 is 0 Å². The van der Waals surface area contributed by atoms with Gasteiger partial charge in [-0.1, -0.05) is 66.7 Å². The first-order valence-electron chi connectivity index (χ1n) is 22.8. The lowest BCUT2D eigenvalue weighted by Crippen LogP contribution is -2.38. The number of hydrogen-bond donors (Lipinski definition) is 5. The third-order valence-corrected chi connectivity index (χ3v) is 12.5. The maximum atomic E-state index is 13.5. The van der Waals surface area contributed by atoms with E-state index in [2.05, 4.69) is 26.2 Å². The van der Waals surface area contributed by atoms with Gasteiger partial charge in [-0.3, -0.25) is 14.9 Å². The summed E-state index contributed by atoms with van der Waals surface area (Å²) in [4.78, 5) is 38.3. The molecule has 0 aliphatic carbocycles. The highest BCUT2D eigenvalue weighted by atomic mass is 32.2. The number of aromatic nitrogens is 2. The number of nitrogens with zero attached hydrogens (tertiary/aromatic N) is 3. The molecule has 6 aromatic carbocycles. The Balaban J connectivity index is 0.981. The molecule has 8 aromatic rings. The number of alkyl halides is 6. The van der Waals surface area contributed by atoms with E-state index in [0.717, 1.165) is 62.1 Å². The SMILES string of the molecule is CSCC[C@@H](CO)N(Cc1ccc2cc(-c3ccccc3NC(=O)Nc3cc(C)cc(C)c3)ccc2n1)Cc1ccc2cc(-c3ccccc3NC(=O)Nc3cc(C(F)(F)F)cc(C(F)(F)F)c3)ccc2n1. The van der Waals surface area contributed by atoms with Crippen LogP contribution in [0.25, 0.3) is 44.1 Å². The van der Waals surface area contributed by atoms with Crippen LogP contribution in [0, 0.1) is 13.8 Å². The van der Waals surface area contributed by atoms with Gasteiger partial charge in [-0.15, -0.1) is 0 Å². The number of aliphatic hydroxyl groups is 1. The molecule has 0 radical (unpaired) electrons. The molecule has 0 aliphatic heterocycles. The van der Waals surface area contributed by atoms with Crippen molar-refractivity contribution < 1.29 is 41.0 Å². The van der Waals surface area contributed by atoms with E-state index in [9.17, 15) is 41.0 Å². The van der Waals surface area contributed by atoms with Crippen molar-refractivity contribution in [2.45, 2.75) is 51.8 Å². The zero-order chi connectivity index (χ0) is 51.2. The van der Waals surface area contributed by atoms with E-state index < -0.39 is 35.2 Å². The summed E-state index contributed by atoms with van der Waals surface area (Å²) in [6.07, 6.45) is -7.41. The molecular weight excluding hydrogens is 953 g/mol. The van der Waals surface area contributed by atoms with Crippen LogP contribution in [0.5, 0.6) is 0 Å². The Morgan fingerprint density at radius 3 is 1.49 bits per heavy atom. The quantitative estimate of drug-likeness (QED) is 0.0646. The van der Waals surface area contributed by atoms with Gasteiger partial charge < -0.3 is 26.4 Å². The van der Waals surface area contributed by atoms with Crippen molar-refractivity contribution in [3.05, 3.63) is 179 Å². The second-order valence-electron chi connectivity index (χ2n) is 17.4. The number of anilines is 4. The number of nitrogens with one attached hydrogen (secondary N) is 4. The molecule has 0 saturated heterocycles. The van der Waals surface area contributed by atoms with Gasteiger partial charge in [-0.25, -0.2) is 9.59 Å². The number of carbonyl (C=O) groups excluding carboxylic acids is 2. The maximum Gasteiger partial charge on any atom is 0.416 e. The average Bonchev–Trinajstić information content (AvgIpc) is 3.33. The van der Waals surface area contributed by atoms with Gasteiger partial charge in [0, 0.05) is 52.4 Å². The van der Waals surface area contributed by atoms with E-state index in [4.69, 9.17) is 9.97 Å². The molecule has 17 heteroatoms. The van der Waals surface area contributed by atoms with Crippen molar-refractivity contribution in [3.8, 4) is 22.3 Å². The minimum atomic E-state index is -5.08. The molecular formula is C55H49F6N7O3S. The van der Waals surface area contributed by atoms with Crippen LogP contribution in [0.4, 0.5) is 58.7 Å². The highest BCUT2D eigenvalue weighted by molar-refractivity contribution is 7.98. The van der Waals surface area contributed by atoms with Crippen molar-refractivity contribution in [1.29, 1.82) is 0 Å². The third-order valence-electron chi connectivity index (χ3n) is 11.9. The van der Waals surface area contributed by atoms with E-state index in [1.165, 1.54) is 0 Å². The molecule has 2 aromatic heterocycles. The van der Waals surface area contributed by atoms with Crippen LogP contribution in [0.1, 0.15) is 40.1 Å². The fourth-order valence-corrected chi connectivity index (χ4v) is 9.06. The second kappa shape index (κ2) is 21.9. The standard InChI is InChI=1S/C55H49F6N7O3S/c1-33-22-34(2)24-43(23-33)64-52(70)66-50-10-6-4-8-46(50)35-14-18-48-37(25-35)12-16-41(62-48)30-68(45(32-69)20-21-72-3)31-42-17-13-38-26-36(15-19-49(38)63-42)47-9-5-7-11-51(47)67-53(71)65-44-28-39(54(56,57)58)27-40(29-44)55(59,60)61/h4-19,22-29,45,69H,20-21,30-32H2,1-3H3,(H2,64,66,70)(H2,65,67,71)/t45-/m0/s1. The van der Waals surface area contributed by atoms with Crippen molar-refractivity contribution >= 4 is 68.4 Å².